The van der Waals surface area contributed by atoms with Gasteiger partial charge in [0.15, 0.2) is 11.7 Å². The van der Waals surface area contributed by atoms with Gasteiger partial charge in [-0.1, -0.05) is 22.7 Å². The van der Waals surface area contributed by atoms with E-state index < -0.39 is 0 Å². The lowest BCUT2D eigenvalue weighted by Gasteiger charge is -2.12. The number of benzene rings is 2. The monoisotopic (exact) mass is 385 g/mol. The van der Waals surface area contributed by atoms with E-state index in [2.05, 4.69) is 25.8 Å². The molecular weight excluding hydrogens is 370 g/mol. The highest BCUT2D eigenvalue weighted by atomic mass is 32.1. The van der Waals surface area contributed by atoms with Crippen molar-refractivity contribution in [1.82, 2.24) is 20.4 Å². The van der Waals surface area contributed by atoms with Crippen molar-refractivity contribution in [2.45, 2.75) is 0 Å². The summed E-state index contributed by atoms with van der Waals surface area (Å²) >= 11 is 6.39. The second kappa shape index (κ2) is 8.88. The Bertz CT molecular complexity index is 855. The average molecular weight is 385 g/mol. The highest BCUT2D eigenvalue weighted by Crippen LogP contribution is 2.21. The lowest BCUT2D eigenvalue weighted by atomic mass is 10.2. The van der Waals surface area contributed by atoms with Crippen molar-refractivity contribution in [2.24, 2.45) is 0 Å². The molecule has 132 valence electrons. The van der Waals surface area contributed by atoms with E-state index >= 15 is 0 Å². The maximum Gasteiger partial charge on any atom is 0.276 e. The van der Waals surface area contributed by atoms with Crippen molar-refractivity contribution in [3.05, 3.63) is 60.0 Å². The third kappa shape index (κ3) is 5.23. The third-order valence-electron chi connectivity index (χ3n) is 3.23. The van der Waals surface area contributed by atoms with Gasteiger partial charge in [0.2, 0.25) is 0 Å². The Morgan fingerprint density at radius 2 is 1.85 bits per heavy atom. The molecule has 3 rings (SSSR count). The van der Waals surface area contributed by atoms with Gasteiger partial charge < -0.3 is 10.1 Å². The van der Waals surface area contributed by atoms with Crippen LogP contribution in [-0.4, -0.2) is 27.2 Å². The van der Waals surface area contributed by atoms with Crippen molar-refractivity contribution < 1.29 is 9.53 Å². The molecule has 0 unspecified atom stereocenters. The van der Waals surface area contributed by atoms with Crippen LogP contribution < -0.4 is 20.9 Å². The molecule has 3 aromatic rings. The molecule has 0 aliphatic rings. The van der Waals surface area contributed by atoms with Crippen LogP contribution in [0.25, 0.3) is 11.3 Å². The lowest BCUT2D eigenvalue weighted by Crippen LogP contribution is -2.45. The Balaban J connectivity index is 1.40. The second-order valence-corrected chi connectivity index (χ2v) is 6.11. The average Bonchev–Trinajstić information content (AvgIpc) is 3.21. The smallest absolute Gasteiger partial charge is 0.276 e. The summed E-state index contributed by atoms with van der Waals surface area (Å²) in [5, 5.41) is 9.09. The summed E-state index contributed by atoms with van der Waals surface area (Å²) in [6.45, 7) is -0.140. The fraction of sp³-hybridized carbons (Fsp3) is 0.0588. The molecule has 0 radical (unpaired) electrons. The van der Waals surface area contributed by atoms with Crippen molar-refractivity contribution in [3.8, 4) is 17.0 Å². The van der Waals surface area contributed by atoms with E-state index in [1.165, 1.54) is 11.5 Å². The molecule has 0 atom stereocenters. The summed E-state index contributed by atoms with van der Waals surface area (Å²) in [6, 6.07) is 16.7. The molecule has 0 fully saturated rings. The van der Waals surface area contributed by atoms with Gasteiger partial charge in [0.05, 0.1) is 0 Å². The van der Waals surface area contributed by atoms with Gasteiger partial charge >= 0.3 is 0 Å². The summed E-state index contributed by atoms with van der Waals surface area (Å²) < 4.78 is 9.27. The van der Waals surface area contributed by atoms with Crippen molar-refractivity contribution in [2.75, 3.05) is 11.9 Å². The number of carbonyl (C=O) groups excluding carboxylic acids is 1. The molecule has 1 amide bonds. The van der Waals surface area contributed by atoms with Crippen LogP contribution in [0.3, 0.4) is 0 Å². The second-order valence-electron chi connectivity index (χ2n) is 5.10. The SMILES string of the molecule is O=C(COc1ccc(-c2csnn2)cc1)NNC(=S)Nc1ccccc1. The number of amides is 1. The summed E-state index contributed by atoms with van der Waals surface area (Å²) in [4.78, 5) is 11.8. The zero-order valence-corrected chi connectivity index (χ0v) is 15.1. The van der Waals surface area contributed by atoms with Gasteiger partial charge in [-0.05, 0) is 60.1 Å². The van der Waals surface area contributed by atoms with E-state index in [1.54, 1.807) is 12.1 Å². The number of thiocarbonyl (C=S) groups is 1. The van der Waals surface area contributed by atoms with E-state index in [-0.39, 0.29) is 17.6 Å². The minimum atomic E-state index is -0.352. The molecule has 0 aliphatic heterocycles. The summed E-state index contributed by atoms with van der Waals surface area (Å²) in [5.41, 5.74) is 7.67. The number of anilines is 1. The summed E-state index contributed by atoms with van der Waals surface area (Å²) in [7, 11) is 0. The summed E-state index contributed by atoms with van der Waals surface area (Å²) in [5.74, 6) is 0.229. The molecule has 26 heavy (non-hydrogen) atoms. The standard InChI is InChI=1S/C17H15N5O2S2/c23-16(20-21-17(25)18-13-4-2-1-3-5-13)10-24-14-8-6-12(7-9-14)15-11-26-22-19-15/h1-9,11H,10H2,(H,20,23)(H2,18,21,25). The van der Waals surface area contributed by atoms with Crippen LogP contribution >= 0.6 is 23.8 Å². The first-order valence-electron chi connectivity index (χ1n) is 7.62. The maximum atomic E-state index is 11.8. The highest BCUT2D eigenvalue weighted by molar-refractivity contribution is 7.80. The Kier molecular flexibility index (Phi) is 6.07. The van der Waals surface area contributed by atoms with Gasteiger partial charge in [-0.3, -0.25) is 15.6 Å². The van der Waals surface area contributed by atoms with Crippen LogP contribution in [0.4, 0.5) is 5.69 Å². The Labute approximate surface area is 159 Å². The van der Waals surface area contributed by atoms with Gasteiger partial charge in [0, 0.05) is 16.6 Å². The molecule has 1 heterocycles. The molecule has 0 spiro atoms. The molecule has 0 aliphatic carbocycles. The number of aromatic nitrogens is 2. The minimum Gasteiger partial charge on any atom is -0.484 e. The fourth-order valence-corrected chi connectivity index (χ4v) is 2.64. The van der Waals surface area contributed by atoms with Crippen LogP contribution in [0.5, 0.6) is 5.75 Å². The van der Waals surface area contributed by atoms with E-state index in [9.17, 15) is 4.79 Å². The van der Waals surface area contributed by atoms with Crippen molar-refractivity contribution >= 4 is 40.5 Å². The van der Waals surface area contributed by atoms with Crippen LogP contribution in [0.1, 0.15) is 0 Å². The normalized spacial score (nSPS) is 10.0. The molecule has 2 aromatic carbocycles. The molecule has 0 saturated heterocycles. The third-order valence-corrected chi connectivity index (χ3v) is 3.94. The first-order chi connectivity index (χ1) is 12.7. The van der Waals surface area contributed by atoms with E-state index in [1.807, 2.05) is 47.8 Å². The van der Waals surface area contributed by atoms with E-state index in [0.29, 0.717) is 5.75 Å². The number of hydrogen-bond acceptors (Lipinski definition) is 6. The fourth-order valence-electron chi connectivity index (χ4n) is 2.01. The largest absolute Gasteiger partial charge is 0.484 e. The quantitative estimate of drug-likeness (QED) is 0.460. The summed E-state index contributed by atoms with van der Waals surface area (Å²) in [6.07, 6.45) is 0. The molecule has 0 saturated carbocycles. The van der Waals surface area contributed by atoms with Crippen LogP contribution in [-0.2, 0) is 4.79 Å². The number of para-hydroxylation sites is 1. The van der Waals surface area contributed by atoms with Gasteiger partial charge in [-0.15, -0.1) is 5.10 Å². The number of hydrazine groups is 1. The predicted octanol–water partition coefficient (Wildman–Crippen LogP) is 2.60. The Morgan fingerprint density at radius 1 is 1.08 bits per heavy atom. The topological polar surface area (TPSA) is 88.2 Å². The number of carbonyl (C=O) groups is 1. The van der Waals surface area contributed by atoms with Gasteiger partial charge in [-0.2, -0.15) is 0 Å². The lowest BCUT2D eigenvalue weighted by molar-refractivity contribution is -0.123. The first kappa shape index (κ1) is 17.8. The van der Waals surface area contributed by atoms with Crippen LogP contribution in [0, 0.1) is 0 Å². The molecule has 1 aromatic heterocycles. The molecule has 3 N–H and O–H groups in total. The van der Waals surface area contributed by atoms with E-state index in [0.717, 1.165) is 16.9 Å². The number of nitrogens with zero attached hydrogens (tertiary/aromatic N) is 2. The van der Waals surface area contributed by atoms with Crippen LogP contribution in [0.2, 0.25) is 0 Å². The van der Waals surface area contributed by atoms with E-state index in [4.69, 9.17) is 17.0 Å². The maximum absolute atomic E-state index is 11.8. The van der Waals surface area contributed by atoms with Crippen molar-refractivity contribution in [1.29, 1.82) is 0 Å². The minimum absolute atomic E-state index is 0.140. The molecule has 9 heteroatoms. The van der Waals surface area contributed by atoms with Gasteiger partial charge in [0.25, 0.3) is 5.91 Å². The predicted molar refractivity (Wildman–Crippen MR) is 105 cm³/mol. The molecular formula is C17H15N5O2S2. The Hall–Kier alpha value is -3.04. The van der Waals surface area contributed by atoms with Gasteiger partial charge in [0.1, 0.15) is 11.4 Å². The number of hydrogen-bond donors (Lipinski definition) is 3. The molecule has 0 bridgehead atoms. The zero-order chi connectivity index (χ0) is 18.2. The van der Waals surface area contributed by atoms with Crippen LogP contribution in [0.15, 0.2) is 60.0 Å². The number of nitrogens with one attached hydrogen (secondary N) is 3. The van der Waals surface area contributed by atoms with Crippen molar-refractivity contribution in [3.63, 3.8) is 0 Å². The van der Waals surface area contributed by atoms with Gasteiger partial charge in [-0.25, -0.2) is 0 Å². The first-order valence-corrected chi connectivity index (χ1v) is 8.86. The number of rotatable bonds is 5. The zero-order valence-electron chi connectivity index (χ0n) is 13.5. The molecule has 7 nitrogen and oxygen atoms in total. The Morgan fingerprint density at radius 3 is 2.54 bits per heavy atom. The highest BCUT2D eigenvalue weighted by Gasteiger charge is 2.05. The number of ether oxygens (including phenoxy) is 1.